The van der Waals surface area contributed by atoms with Gasteiger partial charge in [0, 0.05) is 30.2 Å². The van der Waals surface area contributed by atoms with E-state index in [1.165, 1.54) is 0 Å². The number of aromatic nitrogens is 2. The van der Waals surface area contributed by atoms with Crippen LogP contribution in [0.1, 0.15) is 15.9 Å². The molecule has 5 heteroatoms. The van der Waals surface area contributed by atoms with Crippen LogP contribution in [0.15, 0.2) is 54.9 Å². The normalized spacial score (nSPS) is 10.5. The van der Waals surface area contributed by atoms with Crippen LogP contribution in [0, 0.1) is 0 Å². The van der Waals surface area contributed by atoms with Crippen molar-refractivity contribution >= 4 is 22.6 Å². The van der Waals surface area contributed by atoms with Crippen LogP contribution in [0.2, 0.25) is 0 Å². The minimum Gasteiger partial charge on any atom is -0.399 e. The van der Waals surface area contributed by atoms with E-state index in [4.69, 9.17) is 5.73 Å². The number of nitrogens with zero attached hydrogens (tertiary/aromatic N) is 2. The van der Waals surface area contributed by atoms with Gasteiger partial charge in [-0.15, -0.1) is 0 Å². The molecule has 3 N–H and O–H groups in total. The number of hydrogen-bond donors (Lipinski definition) is 2. The second-order valence-corrected chi connectivity index (χ2v) is 4.69. The number of benzene rings is 2. The highest BCUT2D eigenvalue weighted by Crippen LogP contribution is 2.11. The minimum atomic E-state index is -0.148. The van der Waals surface area contributed by atoms with Gasteiger partial charge >= 0.3 is 0 Å². The third kappa shape index (κ3) is 2.97. The summed E-state index contributed by atoms with van der Waals surface area (Å²) in [5.74, 6) is -0.148. The first-order chi connectivity index (χ1) is 10.2. The fourth-order valence-electron chi connectivity index (χ4n) is 2.09. The fraction of sp³-hybridized carbons (Fsp3) is 0.0625. The molecule has 0 aliphatic rings. The maximum absolute atomic E-state index is 12.2. The van der Waals surface area contributed by atoms with Gasteiger partial charge in [-0.1, -0.05) is 12.1 Å². The highest BCUT2D eigenvalue weighted by atomic mass is 16.1. The summed E-state index contributed by atoms with van der Waals surface area (Å²) in [6, 6.07) is 12.7. The lowest BCUT2D eigenvalue weighted by Gasteiger charge is -2.06. The summed E-state index contributed by atoms with van der Waals surface area (Å²) in [6.07, 6.45) is 3.23. The van der Waals surface area contributed by atoms with Crippen LogP contribution in [0.5, 0.6) is 0 Å². The van der Waals surface area contributed by atoms with E-state index in [2.05, 4.69) is 15.3 Å². The number of carbonyl (C=O) groups is 1. The Hall–Kier alpha value is -2.95. The van der Waals surface area contributed by atoms with Crippen molar-refractivity contribution in [3.63, 3.8) is 0 Å². The number of nitrogens with two attached hydrogens (primary N) is 1. The zero-order chi connectivity index (χ0) is 14.7. The first kappa shape index (κ1) is 13.1. The Kier molecular flexibility index (Phi) is 3.47. The number of amides is 1. The lowest BCUT2D eigenvalue weighted by atomic mass is 10.1. The van der Waals surface area contributed by atoms with Crippen molar-refractivity contribution in [3.8, 4) is 0 Å². The van der Waals surface area contributed by atoms with E-state index in [1.54, 1.807) is 30.6 Å². The van der Waals surface area contributed by atoms with E-state index in [1.807, 2.05) is 24.3 Å². The summed E-state index contributed by atoms with van der Waals surface area (Å²) in [7, 11) is 0. The van der Waals surface area contributed by atoms with Gasteiger partial charge in [-0.2, -0.15) is 0 Å². The average molecular weight is 278 g/mol. The molecule has 1 aromatic heterocycles. The van der Waals surface area contributed by atoms with Crippen molar-refractivity contribution in [1.82, 2.24) is 15.3 Å². The molecule has 0 saturated heterocycles. The highest BCUT2D eigenvalue weighted by Gasteiger charge is 2.07. The molecule has 2 aromatic carbocycles. The number of fused-ring (bicyclic) bond motifs is 1. The molecule has 104 valence electrons. The first-order valence-corrected chi connectivity index (χ1v) is 6.56. The van der Waals surface area contributed by atoms with Crippen LogP contribution >= 0.6 is 0 Å². The van der Waals surface area contributed by atoms with Gasteiger partial charge in [-0.3, -0.25) is 14.8 Å². The predicted molar refractivity (Wildman–Crippen MR) is 81.6 cm³/mol. The van der Waals surface area contributed by atoms with E-state index in [0.29, 0.717) is 23.3 Å². The van der Waals surface area contributed by atoms with Gasteiger partial charge in [0.15, 0.2) is 0 Å². The maximum Gasteiger partial charge on any atom is 0.251 e. The van der Waals surface area contributed by atoms with Crippen LogP contribution in [0.4, 0.5) is 5.69 Å². The molecule has 0 aliphatic carbocycles. The summed E-state index contributed by atoms with van der Waals surface area (Å²) >= 11 is 0. The SMILES string of the molecule is Nc1cccc(CNC(=O)c2ccc3nccnc3c2)c1. The summed E-state index contributed by atoms with van der Waals surface area (Å²) in [4.78, 5) is 20.5. The molecule has 0 atom stereocenters. The Labute approximate surface area is 121 Å². The van der Waals surface area contributed by atoms with E-state index >= 15 is 0 Å². The van der Waals surface area contributed by atoms with E-state index < -0.39 is 0 Å². The van der Waals surface area contributed by atoms with Gasteiger partial charge in [0.2, 0.25) is 0 Å². The number of nitrogen functional groups attached to an aromatic ring is 1. The zero-order valence-corrected chi connectivity index (χ0v) is 11.3. The lowest BCUT2D eigenvalue weighted by Crippen LogP contribution is -2.22. The summed E-state index contributed by atoms with van der Waals surface area (Å²) in [6.45, 7) is 0.433. The van der Waals surface area contributed by atoms with Crippen molar-refractivity contribution in [3.05, 3.63) is 66.0 Å². The van der Waals surface area contributed by atoms with Gasteiger partial charge in [-0.05, 0) is 35.9 Å². The van der Waals surface area contributed by atoms with Crippen LogP contribution in [0.25, 0.3) is 11.0 Å². The second kappa shape index (κ2) is 5.58. The van der Waals surface area contributed by atoms with E-state index in [-0.39, 0.29) is 5.91 Å². The van der Waals surface area contributed by atoms with Crippen LogP contribution in [-0.4, -0.2) is 15.9 Å². The number of nitrogens with one attached hydrogen (secondary N) is 1. The van der Waals surface area contributed by atoms with Crippen LogP contribution in [0.3, 0.4) is 0 Å². The van der Waals surface area contributed by atoms with Crippen molar-refractivity contribution in [1.29, 1.82) is 0 Å². The van der Waals surface area contributed by atoms with Crippen molar-refractivity contribution in [2.75, 3.05) is 5.73 Å². The Morgan fingerprint density at radius 2 is 1.86 bits per heavy atom. The Morgan fingerprint density at radius 3 is 2.67 bits per heavy atom. The molecule has 0 saturated carbocycles. The molecule has 1 heterocycles. The molecule has 21 heavy (non-hydrogen) atoms. The van der Waals surface area contributed by atoms with Gasteiger partial charge < -0.3 is 11.1 Å². The smallest absolute Gasteiger partial charge is 0.251 e. The Morgan fingerprint density at radius 1 is 1.05 bits per heavy atom. The summed E-state index contributed by atoms with van der Waals surface area (Å²) < 4.78 is 0. The van der Waals surface area contributed by atoms with Crippen molar-refractivity contribution in [2.24, 2.45) is 0 Å². The number of hydrogen-bond acceptors (Lipinski definition) is 4. The summed E-state index contributed by atoms with van der Waals surface area (Å²) in [5.41, 5.74) is 9.39. The molecular weight excluding hydrogens is 264 g/mol. The van der Waals surface area contributed by atoms with Gasteiger partial charge in [0.05, 0.1) is 11.0 Å². The summed E-state index contributed by atoms with van der Waals surface area (Å²) in [5, 5.41) is 2.86. The zero-order valence-electron chi connectivity index (χ0n) is 11.3. The standard InChI is InChI=1S/C16H14N4O/c17-13-3-1-2-11(8-13)10-20-16(21)12-4-5-14-15(9-12)19-7-6-18-14/h1-9H,10,17H2,(H,20,21). The third-order valence-corrected chi connectivity index (χ3v) is 3.14. The van der Waals surface area contributed by atoms with Crippen LogP contribution < -0.4 is 11.1 Å². The third-order valence-electron chi connectivity index (χ3n) is 3.14. The lowest BCUT2D eigenvalue weighted by molar-refractivity contribution is 0.0951. The number of rotatable bonds is 3. The average Bonchev–Trinajstić information content (AvgIpc) is 2.52. The van der Waals surface area contributed by atoms with Gasteiger partial charge in [-0.25, -0.2) is 0 Å². The molecule has 1 amide bonds. The Balaban J connectivity index is 1.74. The highest BCUT2D eigenvalue weighted by molar-refractivity contribution is 5.97. The van der Waals surface area contributed by atoms with E-state index in [0.717, 1.165) is 11.1 Å². The van der Waals surface area contributed by atoms with Crippen molar-refractivity contribution < 1.29 is 4.79 Å². The molecule has 0 bridgehead atoms. The first-order valence-electron chi connectivity index (χ1n) is 6.56. The molecule has 0 radical (unpaired) electrons. The maximum atomic E-state index is 12.2. The quantitative estimate of drug-likeness (QED) is 0.719. The molecule has 5 nitrogen and oxygen atoms in total. The predicted octanol–water partition coefficient (Wildman–Crippen LogP) is 2.14. The molecular formula is C16H14N4O. The fourth-order valence-corrected chi connectivity index (χ4v) is 2.09. The van der Waals surface area contributed by atoms with Crippen LogP contribution in [-0.2, 0) is 6.54 Å². The van der Waals surface area contributed by atoms with Crippen molar-refractivity contribution in [2.45, 2.75) is 6.54 Å². The monoisotopic (exact) mass is 278 g/mol. The molecule has 0 fully saturated rings. The topological polar surface area (TPSA) is 80.9 Å². The molecule has 3 aromatic rings. The minimum absolute atomic E-state index is 0.148. The Bertz CT molecular complexity index is 801. The number of anilines is 1. The second-order valence-electron chi connectivity index (χ2n) is 4.69. The van der Waals surface area contributed by atoms with E-state index in [9.17, 15) is 4.79 Å². The van der Waals surface area contributed by atoms with Gasteiger partial charge in [0.25, 0.3) is 5.91 Å². The molecule has 0 aliphatic heterocycles. The molecule has 3 rings (SSSR count). The largest absolute Gasteiger partial charge is 0.399 e. The number of carbonyl (C=O) groups excluding carboxylic acids is 1. The molecule has 0 unspecified atom stereocenters. The van der Waals surface area contributed by atoms with Gasteiger partial charge in [0.1, 0.15) is 0 Å². The molecule has 0 spiro atoms.